The van der Waals surface area contributed by atoms with Crippen molar-refractivity contribution in [1.29, 1.82) is 0 Å². The third-order valence-electron chi connectivity index (χ3n) is 6.13. The van der Waals surface area contributed by atoms with Crippen molar-refractivity contribution in [1.82, 2.24) is 4.90 Å². The van der Waals surface area contributed by atoms with Gasteiger partial charge in [0.15, 0.2) is 0 Å². The summed E-state index contributed by atoms with van der Waals surface area (Å²) in [5, 5.41) is 0. The van der Waals surface area contributed by atoms with Gasteiger partial charge in [0.2, 0.25) is 0 Å². The van der Waals surface area contributed by atoms with Gasteiger partial charge in [-0.05, 0) is 86.4 Å². The van der Waals surface area contributed by atoms with Gasteiger partial charge in [0.25, 0.3) is 0 Å². The summed E-state index contributed by atoms with van der Waals surface area (Å²) in [7, 11) is 0. The maximum Gasteiger partial charge on any atom is 0.123 e. The van der Waals surface area contributed by atoms with Gasteiger partial charge in [0.1, 0.15) is 5.82 Å². The number of likely N-dealkylation sites (tertiary alicyclic amines) is 1. The van der Waals surface area contributed by atoms with Crippen molar-refractivity contribution in [2.75, 3.05) is 13.1 Å². The van der Waals surface area contributed by atoms with Gasteiger partial charge in [-0.3, -0.25) is 0 Å². The number of hydrogen-bond acceptors (Lipinski definition) is 1. The molecule has 1 nitrogen and oxygen atoms in total. The molecule has 2 aromatic carbocycles. The molecule has 2 aromatic rings. The highest BCUT2D eigenvalue weighted by atomic mass is 19.1. The van der Waals surface area contributed by atoms with E-state index in [1.807, 2.05) is 12.1 Å². The SMILES string of the molecule is Fc1ccc(C2=CCC(N3CCC(Cc4ccccc4)CC3)CC2)cc1. The van der Waals surface area contributed by atoms with E-state index in [0.29, 0.717) is 6.04 Å². The van der Waals surface area contributed by atoms with Gasteiger partial charge in [0.05, 0.1) is 0 Å². The highest BCUT2D eigenvalue weighted by molar-refractivity contribution is 5.66. The largest absolute Gasteiger partial charge is 0.300 e. The van der Waals surface area contributed by atoms with Crippen molar-refractivity contribution in [2.45, 2.75) is 44.6 Å². The van der Waals surface area contributed by atoms with Crippen molar-refractivity contribution in [3.8, 4) is 0 Å². The van der Waals surface area contributed by atoms with E-state index in [2.05, 4.69) is 41.3 Å². The first kappa shape index (κ1) is 17.5. The van der Waals surface area contributed by atoms with Crippen molar-refractivity contribution < 1.29 is 4.39 Å². The molecule has 0 saturated carbocycles. The van der Waals surface area contributed by atoms with Crippen molar-refractivity contribution in [3.05, 3.63) is 77.6 Å². The van der Waals surface area contributed by atoms with Crippen LogP contribution in [-0.4, -0.2) is 24.0 Å². The summed E-state index contributed by atoms with van der Waals surface area (Å²) in [6, 6.07) is 18.6. The lowest BCUT2D eigenvalue weighted by Crippen LogP contribution is -2.42. The third kappa shape index (κ3) is 4.24. The van der Waals surface area contributed by atoms with Gasteiger partial charge < -0.3 is 4.90 Å². The predicted molar refractivity (Wildman–Crippen MR) is 106 cm³/mol. The van der Waals surface area contributed by atoms with Crippen molar-refractivity contribution >= 4 is 5.57 Å². The van der Waals surface area contributed by atoms with Crippen LogP contribution in [0.2, 0.25) is 0 Å². The standard InChI is InChI=1S/C24H28FN/c25-23-10-6-21(7-11-23)22-8-12-24(13-9-22)26-16-14-20(15-17-26)18-19-4-2-1-3-5-19/h1-8,10-11,20,24H,9,12-18H2. The second kappa shape index (κ2) is 8.18. The lowest BCUT2D eigenvalue weighted by atomic mass is 9.86. The minimum Gasteiger partial charge on any atom is -0.300 e. The second-order valence-corrected chi connectivity index (χ2v) is 7.83. The van der Waals surface area contributed by atoms with Gasteiger partial charge in [-0.2, -0.15) is 0 Å². The summed E-state index contributed by atoms with van der Waals surface area (Å²) in [5.41, 5.74) is 4.06. The molecule has 0 amide bonds. The van der Waals surface area contributed by atoms with Crippen LogP contribution in [0.5, 0.6) is 0 Å². The van der Waals surface area contributed by atoms with Gasteiger partial charge in [-0.1, -0.05) is 48.5 Å². The van der Waals surface area contributed by atoms with E-state index in [1.54, 1.807) is 12.1 Å². The first-order valence-corrected chi connectivity index (χ1v) is 10.0. The number of rotatable bonds is 4. The smallest absolute Gasteiger partial charge is 0.123 e. The van der Waals surface area contributed by atoms with Crippen LogP contribution >= 0.6 is 0 Å². The molecule has 1 atom stereocenters. The lowest BCUT2D eigenvalue weighted by molar-refractivity contribution is 0.126. The Morgan fingerprint density at radius 1 is 0.885 bits per heavy atom. The molecule has 2 heteroatoms. The topological polar surface area (TPSA) is 3.24 Å². The van der Waals surface area contributed by atoms with E-state index >= 15 is 0 Å². The Morgan fingerprint density at radius 3 is 2.27 bits per heavy atom. The number of piperidine rings is 1. The lowest BCUT2D eigenvalue weighted by Gasteiger charge is -2.39. The van der Waals surface area contributed by atoms with Gasteiger partial charge in [0, 0.05) is 6.04 Å². The Bertz CT molecular complexity index is 727. The zero-order valence-electron chi connectivity index (χ0n) is 15.4. The Hall–Kier alpha value is -1.93. The quantitative estimate of drug-likeness (QED) is 0.683. The molecular weight excluding hydrogens is 321 g/mol. The zero-order chi connectivity index (χ0) is 17.8. The summed E-state index contributed by atoms with van der Waals surface area (Å²) < 4.78 is 13.1. The normalized spacial score (nSPS) is 22.2. The summed E-state index contributed by atoms with van der Waals surface area (Å²) >= 11 is 0. The third-order valence-corrected chi connectivity index (χ3v) is 6.13. The first-order valence-electron chi connectivity index (χ1n) is 10.0. The van der Waals surface area contributed by atoms with Crippen molar-refractivity contribution in [2.24, 2.45) is 5.92 Å². The van der Waals surface area contributed by atoms with Crippen LogP contribution in [0.25, 0.3) is 5.57 Å². The predicted octanol–water partition coefficient (Wildman–Crippen LogP) is 5.72. The maximum absolute atomic E-state index is 13.1. The molecule has 1 fully saturated rings. The molecule has 1 aliphatic carbocycles. The van der Waals surface area contributed by atoms with E-state index in [9.17, 15) is 4.39 Å². The minimum absolute atomic E-state index is 0.151. The number of allylic oxidation sites excluding steroid dienone is 1. The van der Waals surface area contributed by atoms with Gasteiger partial charge >= 0.3 is 0 Å². The highest BCUT2D eigenvalue weighted by Gasteiger charge is 2.26. The Morgan fingerprint density at radius 2 is 1.62 bits per heavy atom. The number of hydrogen-bond donors (Lipinski definition) is 0. The Balaban J connectivity index is 1.28. The van der Waals surface area contributed by atoms with Crippen LogP contribution in [0.1, 0.15) is 43.2 Å². The summed E-state index contributed by atoms with van der Waals surface area (Å²) in [4.78, 5) is 2.71. The Kier molecular flexibility index (Phi) is 5.50. The zero-order valence-corrected chi connectivity index (χ0v) is 15.4. The number of halogens is 1. The molecule has 0 bridgehead atoms. The van der Waals surface area contributed by atoms with E-state index in [1.165, 1.54) is 55.5 Å². The summed E-state index contributed by atoms with van der Waals surface area (Å²) in [5.74, 6) is 0.684. The van der Waals surface area contributed by atoms with E-state index in [0.717, 1.165) is 18.8 Å². The average molecular weight is 349 g/mol. The molecule has 136 valence electrons. The molecule has 1 unspecified atom stereocenters. The van der Waals surface area contributed by atoms with Crippen LogP contribution in [0.15, 0.2) is 60.7 Å². The van der Waals surface area contributed by atoms with E-state index < -0.39 is 0 Å². The monoisotopic (exact) mass is 349 g/mol. The molecule has 0 radical (unpaired) electrons. The van der Waals surface area contributed by atoms with Crippen LogP contribution in [0.3, 0.4) is 0 Å². The molecular formula is C24H28FN. The fourth-order valence-corrected chi connectivity index (χ4v) is 4.55. The molecule has 0 aromatic heterocycles. The molecule has 2 aliphatic rings. The fourth-order valence-electron chi connectivity index (χ4n) is 4.55. The van der Waals surface area contributed by atoms with E-state index in [-0.39, 0.29) is 5.82 Å². The van der Waals surface area contributed by atoms with Crippen LogP contribution in [0.4, 0.5) is 4.39 Å². The van der Waals surface area contributed by atoms with Crippen LogP contribution < -0.4 is 0 Å². The molecule has 1 saturated heterocycles. The minimum atomic E-state index is -0.151. The molecule has 4 rings (SSSR count). The van der Waals surface area contributed by atoms with E-state index in [4.69, 9.17) is 0 Å². The number of nitrogens with zero attached hydrogens (tertiary/aromatic N) is 1. The summed E-state index contributed by atoms with van der Waals surface area (Å²) in [6.07, 6.45) is 9.73. The number of benzene rings is 2. The molecule has 1 aliphatic heterocycles. The van der Waals surface area contributed by atoms with Gasteiger partial charge in [-0.25, -0.2) is 4.39 Å². The molecule has 1 heterocycles. The Labute approximate surface area is 156 Å². The van der Waals surface area contributed by atoms with Crippen LogP contribution in [-0.2, 0) is 6.42 Å². The van der Waals surface area contributed by atoms with Crippen molar-refractivity contribution in [3.63, 3.8) is 0 Å². The fraction of sp³-hybridized carbons (Fsp3) is 0.417. The highest BCUT2D eigenvalue weighted by Crippen LogP contribution is 2.32. The molecule has 0 N–H and O–H groups in total. The maximum atomic E-state index is 13.1. The summed E-state index contributed by atoms with van der Waals surface area (Å²) in [6.45, 7) is 2.48. The molecule has 26 heavy (non-hydrogen) atoms. The average Bonchev–Trinajstić information content (AvgIpc) is 2.70. The first-order chi connectivity index (χ1) is 12.8. The van der Waals surface area contributed by atoms with Gasteiger partial charge in [-0.15, -0.1) is 0 Å². The molecule has 0 spiro atoms. The van der Waals surface area contributed by atoms with Crippen LogP contribution in [0, 0.1) is 11.7 Å². The second-order valence-electron chi connectivity index (χ2n) is 7.83.